The molecule has 3 heteroatoms. The second-order valence-corrected chi connectivity index (χ2v) is 3.78. The molecular weight excluding hydrogens is 200 g/mol. The minimum absolute atomic E-state index is 0.795. The summed E-state index contributed by atoms with van der Waals surface area (Å²) in [5.74, 6) is 0.885. The molecule has 0 amide bonds. The van der Waals surface area contributed by atoms with E-state index in [1.54, 1.807) is 7.11 Å². The predicted octanol–water partition coefficient (Wildman–Crippen LogP) is 2.94. The van der Waals surface area contributed by atoms with Gasteiger partial charge >= 0.3 is 0 Å². The van der Waals surface area contributed by atoms with Crippen LogP contribution in [0.2, 0.25) is 0 Å². The second kappa shape index (κ2) is 4.75. The molecule has 0 saturated heterocycles. The van der Waals surface area contributed by atoms with Crippen molar-refractivity contribution in [2.75, 3.05) is 12.4 Å². The molecule has 0 saturated carbocycles. The number of hydrogen-bond donors (Lipinski definition) is 2. The van der Waals surface area contributed by atoms with Crippen LogP contribution >= 0.6 is 0 Å². The maximum atomic E-state index is 5.33. The molecule has 2 rings (SSSR count). The highest BCUT2D eigenvalue weighted by molar-refractivity contribution is 5.57. The number of nitrogens with one attached hydrogen (secondary N) is 2. The minimum Gasteiger partial charge on any atom is -0.495 e. The van der Waals surface area contributed by atoms with Gasteiger partial charge in [0.15, 0.2) is 0 Å². The van der Waals surface area contributed by atoms with Crippen molar-refractivity contribution in [1.82, 2.24) is 4.98 Å². The third kappa shape index (κ3) is 2.37. The summed E-state index contributed by atoms with van der Waals surface area (Å²) in [7, 11) is 1.69. The van der Waals surface area contributed by atoms with Gasteiger partial charge in [-0.15, -0.1) is 0 Å². The van der Waals surface area contributed by atoms with Crippen LogP contribution in [0.1, 0.15) is 11.1 Å². The van der Waals surface area contributed by atoms with E-state index in [0.717, 1.165) is 18.0 Å². The molecule has 2 aromatic rings. The van der Waals surface area contributed by atoms with Gasteiger partial charge in [0, 0.05) is 18.9 Å². The molecule has 1 aromatic carbocycles. The molecule has 0 aliphatic heterocycles. The Morgan fingerprint density at radius 3 is 2.88 bits per heavy atom. The fourth-order valence-corrected chi connectivity index (χ4v) is 1.61. The van der Waals surface area contributed by atoms with Crippen LogP contribution in [0, 0.1) is 6.92 Å². The van der Waals surface area contributed by atoms with E-state index < -0.39 is 0 Å². The Labute approximate surface area is 95.5 Å². The van der Waals surface area contributed by atoms with Crippen molar-refractivity contribution in [3.8, 4) is 5.75 Å². The van der Waals surface area contributed by atoms with Crippen LogP contribution in [0.25, 0.3) is 0 Å². The Morgan fingerprint density at radius 1 is 1.31 bits per heavy atom. The van der Waals surface area contributed by atoms with Gasteiger partial charge in [-0.3, -0.25) is 0 Å². The van der Waals surface area contributed by atoms with Gasteiger partial charge in [0.1, 0.15) is 5.75 Å². The van der Waals surface area contributed by atoms with Crippen LogP contribution in [0.15, 0.2) is 36.7 Å². The van der Waals surface area contributed by atoms with Gasteiger partial charge in [0.05, 0.1) is 12.8 Å². The monoisotopic (exact) mass is 216 g/mol. The molecule has 0 aliphatic carbocycles. The average Bonchev–Trinajstić information content (AvgIpc) is 2.80. The first-order valence-electron chi connectivity index (χ1n) is 5.30. The molecule has 1 aromatic heterocycles. The topological polar surface area (TPSA) is 37.0 Å². The lowest BCUT2D eigenvalue weighted by atomic mass is 10.2. The van der Waals surface area contributed by atoms with E-state index in [1.165, 1.54) is 11.1 Å². The second-order valence-electron chi connectivity index (χ2n) is 3.78. The molecule has 0 spiro atoms. The number of hydrogen-bond acceptors (Lipinski definition) is 2. The highest BCUT2D eigenvalue weighted by Gasteiger charge is 2.02. The summed E-state index contributed by atoms with van der Waals surface area (Å²) in [4.78, 5) is 3.03. The number of ether oxygens (including phenoxy) is 1. The van der Waals surface area contributed by atoms with Crippen LogP contribution in [0.4, 0.5) is 5.69 Å². The Kier molecular flexibility index (Phi) is 3.15. The summed E-state index contributed by atoms with van der Waals surface area (Å²) in [6, 6.07) is 8.19. The lowest BCUT2D eigenvalue weighted by Crippen LogP contribution is -2.00. The fraction of sp³-hybridized carbons (Fsp3) is 0.231. The molecule has 0 atom stereocenters. The van der Waals surface area contributed by atoms with E-state index in [1.807, 2.05) is 30.6 Å². The first-order chi connectivity index (χ1) is 7.79. The minimum atomic E-state index is 0.795. The number of aryl methyl sites for hydroxylation is 1. The molecule has 84 valence electrons. The highest BCUT2D eigenvalue weighted by atomic mass is 16.5. The molecule has 2 N–H and O–H groups in total. The SMILES string of the molecule is COc1cc(C)ccc1NCc1cc[nH]c1. The predicted molar refractivity (Wildman–Crippen MR) is 65.9 cm³/mol. The normalized spacial score (nSPS) is 10.1. The Bertz CT molecular complexity index is 449. The number of H-pyrrole nitrogens is 1. The molecule has 1 heterocycles. The molecule has 0 radical (unpaired) electrons. The van der Waals surface area contributed by atoms with Crippen molar-refractivity contribution < 1.29 is 4.74 Å². The zero-order valence-electron chi connectivity index (χ0n) is 9.58. The standard InChI is InChI=1S/C13H16N2O/c1-10-3-4-12(13(7-10)16-2)15-9-11-5-6-14-8-11/h3-8,14-15H,9H2,1-2H3. The molecule has 0 fully saturated rings. The summed E-state index contributed by atoms with van der Waals surface area (Å²) >= 11 is 0. The third-order valence-corrected chi connectivity index (χ3v) is 2.50. The number of aromatic nitrogens is 1. The quantitative estimate of drug-likeness (QED) is 0.824. The van der Waals surface area contributed by atoms with Gasteiger partial charge in [-0.25, -0.2) is 0 Å². The lowest BCUT2D eigenvalue weighted by Gasteiger charge is -2.11. The highest BCUT2D eigenvalue weighted by Crippen LogP contribution is 2.25. The smallest absolute Gasteiger partial charge is 0.142 e. The average molecular weight is 216 g/mol. The van der Waals surface area contributed by atoms with Gasteiger partial charge in [-0.05, 0) is 36.2 Å². The summed E-state index contributed by atoms with van der Waals surface area (Å²) < 4.78 is 5.33. The van der Waals surface area contributed by atoms with Gasteiger partial charge in [-0.2, -0.15) is 0 Å². The Morgan fingerprint density at radius 2 is 2.19 bits per heavy atom. The van der Waals surface area contributed by atoms with Crippen LogP contribution < -0.4 is 10.1 Å². The molecular formula is C13H16N2O. The Hall–Kier alpha value is -1.90. The molecule has 0 aliphatic rings. The van der Waals surface area contributed by atoms with Gasteiger partial charge < -0.3 is 15.0 Å². The number of anilines is 1. The van der Waals surface area contributed by atoms with E-state index in [9.17, 15) is 0 Å². The summed E-state index contributed by atoms with van der Waals surface area (Å²) in [6.45, 7) is 2.85. The Balaban J connectivity index is 2.09. The van der Waals surface area contributed by atoms with Crippen molar-refractivity contribution in [1.29, 1.82) is 0 Å². The molecule has 0 bridgehead atoms. The van der Waals surface area contributed by atoms with Gasteiger partial charge in [-0.1, -0.05) is 6.07 Å². The van der Waals surface area contributed by atoms with Crippen molar-refractivity contribution in [3.05, 3.63) is 47.8 Å². The van der Waals surface area contributed by atoms with E-state index in [-0.39, 0.29) is 0 Å². The summed E-state index contributed by atoms with van der Waals surface area (Å²) in [5, 5.41) is 3.35. The van der Waals surface area contributed by atoms with E-state index in [0.29, 0.717) is 0 Å². The van der Waals surface area contributed by atoms with Crippen LogP contribution in [-0.2, 0) is 6.54 Å². The number of aromatic amines is 1. The van der Waals surface area contributed by atoms with Crippen molar-refractivity contribution in [2.45, 2.75) is 13.5 Å². The zero-order chi connectivity index (χ0) is 11.4. The molecule has 0 unspecified atom stereocenters. The van der Waals surface area contributed by atoms with Crippen molar-refractivity contribution in [3.63, 3.8) is 0 Å². The number of methoxy groups -OCH3 is 1. The fourth-order valence-electron chi connectivity index (χ4n) is 1.61. The lowest BCUT2D eigenvalue weighted by molar-refractivity contribution is 0.416. The number of rotatable bonds is 4. The van der Waals surface area contributed by atoms with Gasteiger partial charge in [0.2, 0.25) is 0 Å². The zero-order valence-corrected chi connectivity index (χ0v) is 9.58. The largest absolute Gasteiger partial charge is 0.495 e. The van der Waals surface area contributed by atoms with Crippen LogP contribution in [-0.4, -0.2) is 12.1 Å². The maximum absolute atomic E-state index is 5.33. The van der Waals surface area contributed by atoms with Crippen molar-refractivity contribution >= 4 is 5.69 Å². The van der Waals surface area contributed by atoms with Gasteiger partial charge in [0.25, 0.3) is 0 Å². The first kappa shape index (κ1) is 10.6. The van der Waals surface area contributed by atoms with Crippen LogP contribution in [0.5, 0.6) is 5.75 Å². The number of benzene rings is 1. The molecule has 3 nitrogen and oxygen atoms in total. The van der Waals surface area contributed by atoms with Crippen LogP contribution in [0.3, 0.4) is 0 Å². The summed E-state index contributed by atoms with van der Waals surface area (Å²) in [6.07, 6.45) is 3.90. The van der Waals surface area contributed by atoms with E-state index >= 15 is 0 Å². The third-order valence-electron chi connectivity index (χ3n) is 2.50. The van der Waals surface area contributed by atoms with E-state index in [4.69, 9.17) is 4.74 Å². The summed E-state index contributed by atoms with van der Waals surface area (Å²) in [5.41, 5.74) is 3.45. The van der Waals surface area contributed by atoms with E-state index in [2.05, 4.69) is 23.3 Å². The molecule has 16 heavy (non-hydrogen) atoms. The maximum Gasteiger partial charge on any atom is 0.142 e. The van der Waals surface area contributed by atoms with Crippen molar-refractivity contribution in [2.24, 2.45) is 0 Å². The first-order valence-corrected chi connectivity index (χ1v) is 5.30.